The lowest BCUT2D eigenvalue weighted by Gasteiger charge is -2.47. The third-order valence-electron chi connectivity index (χ3n) is 5.40. The van der Waals surface area contributed by atoms with Gasteiger partial charge in [0.1, 0.15) is 17.2 Å². The van der Waals surface area contributed by atoms with E-state index in [1.165, 1.54) is 12.8 Å². The van der Waals surface area contributed by atoms with Gasteiger partial charge in [-0.15, -0.1) is 0 Å². The number of carbonyl (C=O) groups excluding carboxylic acids is 1. The van der Waals surface area contributed by atoms with E-state index in [0.29, 0.717) is 25.6 Å². The summed E-state index contributed by atoms with van der Waals surface area (Å²) in [4.78, 5) is 23.4. The number of amides is 1. The second-order valence-electron chi connectivity index (χ2n) is 7.50. The van der Waals surface area contributed by atoms with Gasteiger partial charge in [-0.2, -0.15) is 0 Å². The second kappa shape index (κ2) is 5.77. The number of aromatic nitrogens is 2. The highest BCUT2D eigenvalue weighted by molar-refractivity contribution is 5.79. The fourth-order valence-electron chi connectivity index (χ4n) is 3.70. The molecule has 5 rings (SSSR count). The van der Waals surface area contributed by atoms with Gasteiger partial charge in [-0.25, -0.2) is 9.97 Å². The zero-order valence-electron chi connectivity index (χ0n) is 14.8. The number of hydrogen-bond donors (Lipinski definition) is 0. The van der Waals surface area contributed by atoms with E-state index in [1.54, 1.807) is 4.90 Å². The number of fused-ring (bicyclic) bond motifs is 2. The van der Waals surface area contributed by atoms with Crippen molar-refractivity contribution in [3.8, 4) is 5.75 Å². The first kappa shape index (κ1) is 15.8. The van der Waals surface area contributed by atoms with E-state index in [0.717, 1.165) is 28.4 Å². The monoisotopic (exact) mass is 351 g/mol. The number of aryl methyl sites for hydroxylation is 1. The van der Waals surface area contributed by atoms with Crippen molar-refractivity contribution in [3.63, 3.8) is 0 Å². The zero-order chi connectivity index (χ0) is 17.7. The van der Waals surface area contributed by atoms with Crippen LogP contribution in [0.15, 0.2) is 30.5 Å². The molecule has 6 heteroatoms. The molecule has 1 saturated carbocycles. The third kappa shape index (κ3) is 2.65. The van der Waals surface area contributed by atoms with Crippen LogP contribution in [0.5, 0.6) is 5.75 Å². The normalized spacial score (nSPS) is 20.0. The Morgan fingerprint density at radius 2 is 2.23 bits per heavy atom. The summed E-state index contributed by atoms with van der Waals surface area (Å²) in [6, 6.07) is 7.71. The van der Waals surface area contributed by atoms with Crippen molar-refractivity contribution in [1.82, 2.24) is 14.9 Å². The lowest BCUT2D eigenvalue weighted by atomic mass is 9.87. The molecule has 26 heavy (non-hydrogen) atoms. The van der Waals surface area contributed by atoms with Gasteiger partial charge in [0.15, 0.2) is 6.61 Å². The Morgan fingerprint density at radius 3 is 3.00 bits per heavy atom. The van der Waals surface area contributed by atoms with Gasteiger partial charge < -0.3 is 14.4 Å². The van der Waals surface area contributed by atoms with Crippen LogP contribution >= 0.6 is 0 Å². The number of benzene rings is 1. The molecule has 0 bridgehead atoms. The third-order valence-corrected chi connectivity index (χ3v) is 5.40. The summed E-state index contributed by atoms with van der Waals surface area (Å²) < 4.78 is 11.6. The molecule has 1 aromatic carbocycles. The summed E-state index contributed by atoms with van der Waals surface area (Å²) in [6.07, 6.45) is 4.29. The van der Waals surface area contributed by atoms with Gasteiger partial charge in [0.2, 0.25) is 0 Å². The van der Waals surface area contributed by atoms with Crippen LogP contribution in [0.25, 0.3) is 0 Å². The van der Waals surface area contributed by atoms with Crippen molar-refractivity contribution in [2.75, 3.05) is 19.7 Å². The average molecular weight is 351 g/mol. The Morgan fingerprint density at radius 1 is 1.38 bits per heavy atom. The Hall–Kier alpha value is -2.47. The number of likely N-dealkylation sites (tertiary alicyclic amines) is 1. The summed E-state index contributed by atoms with van der Waals surface area (Å²) in [5.41, 5.74) is 2.73. The minimum absolute atomic E-state index is 0.0234. The SMILES string of the molecule is Cc1cccc(OCC(=O)N2CC3(C2)OCc2nc(C4CC4)ncc23)c1. The van der Waals surface area contributed by atoms with E-state index in [1.807, 2.05) is 37.4 Å². The molecule has 3 heterocycles. The van der Waals surface area contributed by atoms with Gasteiger partial charge >= 0.3 is 0 Å². The molecule has 1 amide bonds. The summed E-state index contributed by atoms with van der Waals surface area (Å²) in [5, 5.41) is 0. The van der Waals surface area contributed by atoms with Crippen molar-refractivity contribution in [2.24, 2.45) is 0 Å². The van der Waals surface area contributed by atoms with E-state index < -0.39 is 5.60 Å². The first-order valence-electron chi connectivity index (χ1n) is 9.10. The summed E-state index contributed by atoms with van der Waals surface area (Å²) >= 11 is 0. The molecule has 1 aromatic heterocycles. The van der Waals surface area contributed by atoms with Crippen LogP contribution in [-0.2, 0) is 21.7 Å². The number of ether oxygens (including phenoxy) is 2. The van der Waals surface area contributed by atoms with Gasteiger partial charge in [-0.3, -0.25) is 4.79 Å². The van der Waals surface area contributed by atoms with Gasteiger partial charge in [0.25, 0.3) is 5.91 Å². The standard InChI is InChI=1S/C20H21N3O3/c1-13-3-2-4-15(7-13)25-10-18(24)23-11-20(12-23)16-8-21-19(14-5-6-14)22-17(16)9-26-20/h2-4,7-8,14H,5-6,9-12H2,1H3. The maximum absolute atomic E-state index is 12.4. The fraction of sp³-hybridized carbons (Fsp3) is 0.450. The van der Waals surface area contributed by atoms with Crippen LogP contribution in [0, 0.1) is 6.92 Å². The van der Waals surface area contributed by atoms with Gasteiger partial charge in [-0.05, 0) is 37.5 Å². The number of carbonyl (C=O) groups is 1. The topological polar surface area (TPSA) is 64.5 Å². The molecule has 134 valence electrons. The summed E-state index contributed by atoms with van der Waals surface area (Å²) in [5.74, 6) is 2.18. The highest BCUT2D eigenvalue weighted by atomic mass is 16.5. The molecular weight excluding hydrogens is 330 g/mol. The van der Waals surface area contributed by atoms with E-state index in [4.69, 9.17) is 9.47 Å². The first-order chi connectivity index (χ1) is 12.6. The smallest absolute Gasteiger partial charge is 0.260 e. The summed E-state index contributed by atoms with van der Waals surface area (Å²) in [6.45, 7) is 3.65. The average Bonchev–Trinajstić information content (AvgIpc) is 3.39. The molecule has 2 fully saturated rings. The highest BCUT2D eigenvalue weighted by Crippen LogP contribution is 2.44. The quantitative estimate of drug-likeness (QED) is 0.846. The van der Waals surface area contributed by atoms with Crippen LogP contribution in [0.4, 0.5) is 0 Å². The molecule has 0 N–H and O–H groups in total. The van der Waals surface area contributed by atoms with Crippen molar-refractivity contribution in [2.45, 2.75) is 37.9 Å². The van der Waals surface area contributed by atoms with E-state index in [9.17, 15) is 4.79 Å². The van der Waals surface area contributed by atoms with Crippen LogP contribution in [0.1, 0.15) is 41.4 Å². The van der Waals surface area contributed by atoms with E-state index in [-0.39, 0.29) is 12.5 Å². The van der Waals surface area contributed by atoms with Gasteiger partial charge in [0, 0.05) is 17.7 Å². The molecule has 2 aromatic rings. The predicted octanol–water partition coefficient (Wildman–Crippen LogP) is 2.31. The molecule has 0 radical (unpaired) electrons. The Balaban J connectivity index is 1.22. The maximum atomic E-state index is 12.4. The van der Waals surface area contributed by atoms with Crippen molar-refractivity contribution >= 4 is 5.91 Å². The highest BCUT2D eigenvalue weighted by Gasteiger charge is 2.52. The molecule has 1 spiro atoms. The van der Waals surface area contributed by atoms with Crippen LogP contribution in [0.3, 0.4) is 0 Å². The Kier molecular flexibility index (Phi) is 3.50. The zero-order valence-corrected chi connectivity index (χ0v) is 14.8. The molecule has 6 nitrogen and oxygen atoms in total. The van der Waals surface area contributed by atoms with Crippen molar-refractivity contribution < 1.29 is 14.3 Å². The van der Waals surface area contributed by atoms with Crippen LogP contribution < -0.4 is 4.74 Å². The fourth-order valence-corrected chi connectivity index (χ4v) is 3.70. The Labute approximate surface area is 152 Å². The largest absolute Gasteiger partial charge is 0.484 e. The molecule has 1 aliphatic carbocycles. The first-order valence-corrected chi connectivity index (χ1v) is 9.10. The van der Waals surface area contributed by atoms with Gasteiger partial charge in [-0.1, -0.05) is 12.1 Å². The molecule has 0 atom stereocenters. The minimum Gasteiger partial charge on any atom is -0.484 e. The second-order valence-corrected chi connectivity index (χ2v) is 7.50. The van der Waals surface area contributed by atoms with Crippen molar-refractivity contribution in [3.05, 3.63) is 53.1 Å². The lowest BCUT2D eigenvalue weighted by Crippen LogP contribution is -2.62. The molecule has 0 unspecified atom stereocenters. The molecule has 1 saturated heterocycles. The number of rotatable bonds is 4. The minimum atomic E-state index is -0.420. The number of nitrogens with zero attached hydrogens (tertiary/aromatic N) is 3. The molecular formula is C20H21N3O3. The van der Waals surface area contributed by atoms with Crippen molar-refractivity contribution in [1.29, 1.82) is 0 Å². The van der Waals surface area contributed by atoms with Crippen LogP contribution in [-0.4, -0.2) is 40.5 Å². The van der Waals surface area contributed by atoms with E-state index >= 15 is 0 Å². The van der Waals surface area contributed by atoms with E-state index in [2.05, 4.69) is 9.97 Å². The Bertz CT molecular complexity index is 872. The summed E-state index contributed by atoms with van der Waals surface area (Å²) in [7, 11) is 0. The van der Waals surface area contributed by atoms with Crippen LogP contribution in [0.2, 0.25) is 0 Å². The lowest BCUT2D eigenvalue weighted by molar-refractivity contribution is -0.170. The van der Waals surface area contributed by atoms with Gasteiger partial charge in [0.05, 0.1) is 25.4 Å². The molecule has 3 aliphatic rings. The predicted molar refractivity (Wildman–Crippen MR) is 93.7 cm³/mol. The number of hydrogen-bond acceptors (Lipinski definition) is 5. The molecule has 2 aliphatic heterocycles. The maximum Gasteiger partial charge on any atom is 0.260 e.